The molecule has 44 valence electrons. The first kappa shape index (κ1) is 7.10. The molecule has 0 fully saturated rings. The van der Waals surface area contributed by atoms with Gasteiger partial charge in [-0.2, -0.15) is 0 Å². The second-order valence-electron chi connectivity index (χ2n) is 0.913. The van der Waals surface area contributed by atoms with Gasteiger partial charge in [0.15, 0.2) is 0 Å². The van der Waals surface area contributed by atoms with E-state index < -0.39 is 7.32 Å². The monoisotopic (exact) mass is 114 g/mol. The highest BCUT2D eigenvalue weighted by atomic mass is 16.7. The molecule has 3 nitrogen and oxygen atoms in total. The standard InChI is InChI=1S/C4H7BO3/c1-3-7-5(6)8-4-2/h3-4,6H,1-2H2. The van der Waals surface area contributed by atoms with E-state index in [4.69, 9.17) is 5.02 Å². The highest BCUT2D eigenvalue weighted by Gasteiger charge is 2.14. The molecule has 0 bridgehead atoms. The quantitative estimate of drug-likeness (QED) is 0.421. The van der Waals surface area contributed by atoms with Crippen LogP contribution in [0, 0.1) is 0 Å². The van der Waals surface area contributed by atoms with Gasteiger partial charge in [0.2, 0.25) is 0 Å². The summed E-state index contributed by atoms with van der Waals surface area (Å²) in [7, 11) is -1.27. The molecule has 0 saturated heterocycles. The zero-order valence-corrected chi connectivity index (χ0v) is 4.41. The number of rotatable bonds is 4. The van der Waals surface area contributed by atoms with Gasteiger partial charge in [-0.05, 0) is 0 Å². The zero-order valence-electron chi connectivity index (χ0n) is 4.41. The fourth-order valence-electron chi connectivity index (χ4n) is 0.197. The summed E-state index contributed by atoms with van der Waals surface area (Å²) in [6.07, 6.45) is 2.16. The van der Waals surface area contributed by atoms with Crippen LogP contribution in [0.15, 0.2) is 25.7 Å². The predicted octanol–water partition coefficient (Wildman–Crippen LogP) is 0.284. The predicted molar refractivity (Wildman–Crippen MR) is 30.5 cm³/mol. The molecule has 0 aromatic heterocycles. The summed E-state index contributed by atoms with van der Waals surface area (Å²) in [4.78, 5) is 0. The number of hydrogen-bond donors (Lipinski definition) is 1. The van der Waals surface area contributed by atoms with E-state index >= 15 is 0 Å². The Morgan fingerprint density at radius 2 is 1.62 bits per heavy atom. The van der Waals surface area contributed by atoms with Gasteiger partial charge in [0.25, 0.3) is 0 Å². The Morgan fingerprint density at radius 1 is 1.25 bits per heavy atom. The van der Waals surface area contributed by atoms with E-state index in [-0.39, 0.29) is 0 Å². The molecule has 0 aliphatic heterocycles. The Morgan fingerprint density at radius 3 is 1.88 bits per heavy atom. The van der Waals surface area contributed by atoms with Crippen molar-refractivity contribution in [1.29, 1.82) is 0 Å². The van der Waals surface area contributed by atoms with Crippen LogP contribution in [0.1, 0.15) is 0 Å². The third kappa shape index (κ3) is 3.30. The molecule has 0 heterocycles. The molecule has 0 atom stereocenters. The maximum Gasteiger partial charge on any atom is 0.784 e. The van der Waals surface area contributed by atoms with Gasteiger partial charge in [0, 0.05) is 0 Å². The van der Waals surface area contributed by atoms with Gasteiger partial charge in [0.1, 0.15) is 0 Å². The summed E-state index contributed by atoms with van der Waals surface area (Å²) in [5.41, 5.74) is 0. The van der Waals surface area contributed by atoms with E-state index in [2.05, 4.69) is 22.5 Å². The van der Waals surface area contributed by atoms with Crippen molar-refractivity contribution in [2.45, 2.75) is 0 Å². The SMILES string of the molecule is C=COB(O)OC=C. The van der Waals surface area contributed by atoms with Crippen LogP contribution >= 0.6 is 0 Å². The summed E-state index contributed by atoms with van der Waals surface area (Å²) >= 11 is 0. The smallest absolute Gasteiger partial charge is 0.508 e. The van der Waals surface area contributed by atoms with Crippen LogP contribution in [0.5, 0.6) is 0 Å². The molecule has 0 aliphatic carbocycles. The molecule has 0 radical (unpaired) electrons. The fourth-order valence-corrected chi connectivity index (χ4v) is 0.197. The summed E-state index contributed by atoms with van der Waals surface area (Å²) < 4.78 is 8.62. The molecular formula is C4H7BO3. The second-order valence-corrected chi connectivity index (χ2v) is 0.913. The summed E-state index contributed by atoms with van der Waals surface area (Å²) in [6.45, 7) is 6.37. The third-order valence-corrected chi connectivity index (χ3v) is 0.425. The number of hydrogen-bond acceptors (Lipinski definition) is 3. The fraction of sp³-hybridized carbons (Fsp3) is 0. The van der Waals surface area contributed by atoms with Crippen LogP contribution in [0.4, 0.5) is 0 Å². The van der Waals surface area contributed by atoms with E-state index in [0.29, 0.717) is 0 Å². The maximum atomic E-state index is 8.46. The second kappa shape index (κ2) is 4.27. The Kier molecular flexibility index (Phi) is 3.79. The largest absolute Gasteiger partial charge is 0.784 e. The highest BCUT2D eigenvalue weighted by molar-refractivity contribution is 6.35. The summed E-state index contributed by atoms with van der Waals surface area (Å²) in [5.74, 6) is 0. The minimum atomic E-state index is -1.27. The average Bonchev–Trinajstić information content (AvgIpc) is 1.68. The minimum absolute atomic E-state index is 1.08. The van der Waals surface area contributed by atoms with Crippen LogP contribution in [-0.4, -0.2) is 12.3 Å². The molecule has 0 rings (SSSR count). The topological polar surface area (TPSA) is 38.7 Å². The van der Waals surface area contributed by atoms with Crippen LogP contribution in [0.2, 0.25) is 0 Å². The molecule has 0 saturated carbocycles. The van der Waals surface area contributed by atoms with Gasteiger partial charge >= 0.3 is 7.32 Å². The van der Waals surface area contributed by atoms with Gasteiger partial charge in [-0.3, -0.25) is 0 Å². The molecule has 1 N–H and O–H groups in total. The summed E-state index contributed by atoms with van der Waals surface area (Å²) in [5, 5.41) is 8.46. The van der Waals surface area contributed by atoms with E-state index in [0.717, 1.165) is 12.5 Å². The third-order valence-electron chi connectivity index (χ3n) is 0.425. The maximum absolute atomic E-state index is 8.46. The molecule has 0 aromatic carbocycles. The van der Waals surface area contributed by atoms with Gasteiger partial charge in [-0.1, -0.05) is 13.2 Å². The Bertz CT molecular complexity index is 73.4. The Hall–Kier alpha value is -0.895. The van der Waals surface area contributed by atoms with Crippen molar-refractivity contribution in [3.8, 4) is 0 Å². The van der Waals surface area contributed by atoms with Crippen molar-refractivity contribution in [3.63, 3.8) is 0 Å². The zero-order chi connectivity index (χ0) is 6.41. The van der Waals surface area contributed by atoms with E-state index in [1.54, 1.807) is 0 Å². The lowest BCUT2D eigenvalue weighted by atomic mass is 10.2. The van der Waals surface area contributed by atoms with Crippen molar-refractivity contribution < 1.29 is 14.3 Å². The lowest BCUT2D eigenvalue weighted by molar-refractivity contribution is 0.240. The molecule has 0 amide bonds. The molecule has 0 aliphatic rings. The minimum Gasteiger partial charge on any atom is -0.508 e. The Labute approximate surface area is 48.4 Å². The first-order valence-corrected chi connectivity index (χ1v) is 2.02. The van der Waals surface area contributed by atoms with Crippen LogP contribution in [-0.2, 0) is 9.31 Å². The van der Waals surface area contributed by atoms with E-state index in [1.807, 2.05) is 0 Å². The Balaban J connectivity index is 3.16. The summed E-state index contributed by atoms with van der Waals surface area (Å²) in [6, 6.07) is 0. The van der Waals surface area contributed by atoms with Gasteiger partial charge in [0.05, 0.1) is 12.5 Å². The molecule has 0 spiro atoms. The molecule has 0 unspecified atom stereocenters. The van der Waals surface area contributed by atoms with Crippen molar-refractivity contribution in [3.05, 3.63) is 25.7 Å². The van der Waals surface area contributed by atoms with Crippen LogP contribution in [0.25, 0.3) is 0 Å². The van der Waals surface area contributed by atoms with E-state index in [9.17, 15) is 0 Å². The first-order chi connectivity index (χ1) is 3.81. The first-order valence-electron chi connectivity index (χ1n) is 2.02. The van der Waals surface area contributed by atoms with Gasteiger partial charge in [-0.15, -0.1) is 0 Å². The van der Waals surface area contributed by atoms with Crippen molar-refractivity contribution in [1.82, 2.24) is 0 Å². The van der Waals surface area contributed by atoms with Crippen molar-refractivity contribution >= 4 is 7.32 Å². The molecule has 0 aromatic rings. The van der Waals surface area contributed by atoms with Crippen LogP contribution in [0.3, 0.4) is 0 Å². The van der Waals surface area contributed by atoms with Gasteiger partial charge in [-0.25, -0.2) is 0 Å². The lowest BCUT2D eigenvalue weighted by Gasteiger charge is -1.99. The molecular weight excluding hydrogens is 107 g/mol. The van der Waals surface area contributed by atoms with Crippen molar-refractivity contribution in [2.75, 3.05) is 0 Å². The normalized spacial score (nSPS) is 7.12. The van der Waals surface area contributed by atoms with Crippen LogP contribution < -0.4 is 0 Å². The highest BCUT2D eigenvalue weighted by Crippen LogP contribution is 1.82. The molecule has 8 heavy (non-hydrogen) atoms. The van der Waals surface area contributed by atoms with E-state index in [1.165, 1.54) is 0 Å². The lowest BCUT2D eigenvalue weighted by Crippen LogP contribution is -2.16. The average molecular weight is 114 g/mol. The molecule has 4 heteroatoms. The van der Waals surface area contributed by atoms with Gasteiger partial charge < -0.3 is 14.3 Å². The van der Waals surface area contributed by atoms with Crippen molar-refractivity contribution in [2.24, 2.45) is 0 Å².